The fourth-order valence-electron chi connectivity index (χ4n) is 3.18. The summed E-state index contributed by atoms with van der Waals surface area (Å²) < 4.78 is 28.6. The molecule has 0 aliphatic carbocycles. The number of halogens is 1. The van der Waals surface area contributed by atoms with Gasteiger partial charge in [0.15, 0.2) is 5.82 Å². The largest absolute Gasteiger partial charge is 0.264 e. The van der Waals surface area contributed by atoms with Gasteiger partial charge in [0.2, 0.25) is 9.84 Å². The van der Waals surface area contributed by atoms with E-state index in [9.17, 15) is 8.42 Å². The van der Waals surface area contributed by atoms with Crippen LogP contribution in [0.1, 0.15) is 24.9 Å². The van der Waals surface area contributed by atoms with Gasteiger partial charge in [-0.1, -0.05) is 23.7 Å². The first-order chi connectivity index (χ1) is 13.4. The van der Waals surface area contributed by atoms with Crippen LogP contribution in [-0.2, 0) is 9.84 Å². The van der Waals surface area contributed by atoms with Crippen molar-refractivity contribution in [1.82, 2.24) is 14.8 Å². The molecule has 0 N–H and O–H groups in total. The van der Waals surface area contributed by atoms with Gasteiger partial charge in [0.05, 0.1) is 16.6 Å². The van der Waals surface area contributed by atoms with E-state index in [0.717, 1.165) is 11.3 Å². The number of thioether (sulfide) groups is 1. The van der Waals surface area contributed by atoms with Gasteiger partial charge in [-0.05, 0) is 37.4 Å². The molecule has 2 aromatic heterocycles. The van der Waals surface area contributed by atoms with Crippen LogP contribution in [0.2, 0.25) is 5.02 Å². The Morgan fingerprint density at radius 1 is 1.25 bits per heavy atom. The van der Waals surface area contributed by atoms with Crippen molar-refractivity contribution in [2.24, 2.45) is 4.99 Å². The molecule has 0 bridgehead atoms. The standard InChI is InChI=1S/C19H17ClN4O2S2/c1-12-9-16(13-5-4-8-21-11-13)22-18-17(19(27-2)23-24(12)18)28(25,26)15-7-3-6-14(20)10-15/h3-8,10-12H,9H2,1-2H3. The molecule has 144 valence electrons. The van der Waals surface area contributed by atoms with Crippen LogP contribution in [0.4, 0.5) is 5.82 Å². The first kappa shape index (κ1) is 19.2. The number of fused-ring (bicyclic) bond motifs is 1. The van der Waals surface area contributed by atoms with Crippen molar-refractivity contribution in [2.45, 2.75) is 34.2 Å². The Bertz CT molecular complexity index is 1170. The van der Waals surface area contributed by atoms with E-state index >= 15 is 0 Å². The SMILES string of the molecule is CSc1nn2c(c1S(=O)(=O)c1cccc(Cl)c1)N=C(c1cccnc1)CC2C. The van der Waals surface area contributed by atoms with Gasteiger partial charge in [0.25, 0.3) is 0 Å². The minimum absolute atomic E-state index is 0.0306. The van der Waals surface area contributed by atoms with E-state index in [2.05, 4.69) is 10.1 Å². The van der Waals surface area contributed by atoms with Gasteiger partial charge in [0.1, 0.15) is 9.92 Å². The number of pyridine rings is 1. The van der Waals surface area contributed by atoms with Crippen LogP contribution in [0.25, 0.3) is 0 Å². The third-order valence-electron chi connectivity index (χ3n) is 4.52. The van der Waals surface area contributed by atoms with E-state index in [1.807, 2.05) is 25.3 Å². The summed E-state index contributed by atoms with van der Waals surface area (Å²) in [4.78, 5) is 9.10. The van der Waals surface area contributed by atoms with Crippen LogP contribution in [0.5, 0.6) is 0 Å². The summed E-state index contributed by atoms with van der Waals surface area (Å²) in [5, 5.41) is 5.33. The highest BCUT2D eigenvalue weighted by molar-refractivity contribution is 7.99. The minimum Gasteiger partial charge on any atom is -0.264 e. The summed E-state index contributed by atoms with van der Waals surface area (Å²) in [6, 6.07) is 9.98. The predicted octanol–water partition coefficient (Wildman–Crippen LogP) is 4.57. The molecule has 1 aliphatic rings. The lowest BCUT2D eigenvalue weighted by atomic mass is 10.0. The summed E-state index contributed by atoms with van der Waals surface area (Å²) in [5.74, 6) is 0.349. The van der Waals surface area contributed by atoms with Crippen LogP contribution < -0.4 is 0 Å². The van der Waals surface area contributed by atoms with E-state index < -0.39 is 9.84 Å². The Balaban J connectivity index is 1.95. The molecule has 0 saturated carbocycles. The average molecular weight is 433 g/mol. The van der Waals surface area contributed by atoms with Crippen LogP contribution >= 0.6 is 23.4 Å². The molecular weight excluding hydrogens is 416 g/mol. The second-order valence-corrected chi connectivity index (χ2v) is 9.54. The first-order valence-electron chi connectivity index (χ1n) is 8.57. The average Bonchev–Trinajstić information content (AvgIpc) is 3.08. The lowest BCUT2D eigenvalue weighted by Gasteiger charge is -2.21. The predicted molar refractivity (Wildman–Crippen MR) is 111 cm³/mol. The lowest BCUT2D eigenvalue weighted by Crippen LogP contribution is -2.18. The third kappa shape index (κ3) is 3.25. The lowest BCUT2D eigenvalue weighted by molar-refractivity contribution is 0.492. The van der Waals surface area contributed by atoms with E-state index in [1.54, 1.807) is 29.2 Å². The number of sulfone groups is 1. The van der Waals surface area contributed by atoms with E-state index in [0.29, 0.717) is 22.3 Å². The highest BCUT2D eigenvalue weighted by atomic mass is 35.5. The molecule has 3 heterocycles. The molecule has 3 aromatic rings. The number of nitrogens with zero attached hydrogens (tertiary/aromatic N) is 4. The van der Waals surface area contributed by atoms with E-state index in [1.165, 1.54) is 23.9 Å². The summed E-state index contributed by atoms with van der Waals surface area (Å²) in [6.45, 7) is 2.00. The second-order valence-electron chi connectivity index (χ2n) is 6.42. The Morgan fingerprint density at radius 3 is 2.75 bits per heavy atom. The molecule has 0 spiro atoms. The molecule has 1 unspecified atom stereocenters. The number of hydrogen-bond donors (Lipinski definition) is 0. The van der Waals surface area contributed by atoms with Gasteiger partial charge < -0.3 is 0 Å². The number of aliphatic imine (C=N–C) groups is 1. The zero-order valence-corrected chi connectivity index (χ0v) is 17.6. The molecule has 9 heteroatoms. The third-order valence-corrected chi connectivity index (χ3v) is 7.35. The summed E-state index contributed by atoms with van der Waals surface area (Å²) >= 11 is 7.32. The summed E-state index contributed by atoms with van der Waals surface area (Å²) in [5.41, 5.74) is 1.67. The number of rotatable bonds is 4. The Kier molecular flexibility index (Phi) is 5.03. The Labute approximate surface area is 172 Å². The van der Waals surface area contributed by atoms with Crippen LogP contribution in [-0.4, -0.2) is 35.1 Å². The molecule has 4 rings (SSSR count). The van der Waals surface area contributed by atoms with Gasteiger partial charge in [-0.15, -0.1) is 11.8 Å². The molecule has 0 fully saturated rings. The van der Waals surface area contributed by atoms with Gasteiger partial charge in [0, 0.05) is 29.4 Å². The first-order valence-corrected chi connectivity index (χ1v) is 11.7. The van der Waals surface area contributed by atoms with Crippen molar-refractivity contribution in [3.8, 4) is 0 Å². The maximum Gasteiger partial charge on any atom is 0.213 e. The summed E-state index contributed by atoms with van der Waals surface area (Å²) in [6.07, 6.45) is 5.88. The van der Waals surface area contributed by atoms with Gasteiger partial charge in [-0.25, -0.2) is 18.1 Å². The zero-order valence-electron chi connectivity index (χ0n) is 15.2. The van der Waals surface area contributed by atoms with E-state index in [4.69, 9.17) is 16.6 Å². The molecule has 1 aliphatic heterocycles. The molecular formula is C19H17ClN4O2S2. The molecule has 28 heavy (non-hydrogen) atoms. The number of benzene rings is 1. The zero-order chi connectivity index (χ0) is 19.9. The van der Waals surface area contributed by atoms with Crippen LogP contribution in [0.15, 0.2) is 68.6 Å². The fourth-order valence-corrected chi connectivity index (χ4v) is 5.88. The Morgan fingerprint density at radius 2 is 2.07 bits per heavy atom. The van der Waals surface area contributed by atoms with Gasteiger partial charge in [-0.3, -0.25) is 4.98 Å². The van der Waals surface area contributed by atoms with Gasteiger partial charge >= 0.3 is 0 Å². The molecule has 0 amide bonds. The van der Waals surface area contributed by atoms with Crippen molar-refractivity contribution in [3.05, 3.63) is 59.4 Å². The monoisotopic (exact) mass is 432 g/mol. The topological polar surface area (TPSA) is 77.2 Å². The highest BCUT2D eigenvalue weighted by Gasteiger charge is 2.34. The van der Waals surface area contributed by atoms with Crippen molar-refractivity contribution in [2.75, 3.05) is 6.26 Å². The van der Waals surface area contributed by atoms with Crippen molar-refractivity contribution in [3.63, 3.8) is 0 Å². The normalized spacial score (nSPS) is 16.5. The number of hydrogen-bond acceptors (Lipinski definition) is 6. The molecule has 6 nitrogen and oxygen atoms in total. The van der Waals surface area contributed by atoms with Gasteiger partial charge in [-0.2, -0.15) is 5.10 Å². The fraction of sp³-hybridized carbons (Fsp3) is 0.211. The molecule has 0 radical (unpaired) electrons. The van der Waals surface area contributed by atoms with Crippen molar-refractivity contribution in [1.29, 1.82) is 0 Å². The van der Waals surface area contributed by atoms with Crippen LogP contribution in [0.3, 0.4) is 0 Å². The smallest absolute Gasteiger partial charge is 0.213 e. The maximum absolute atomic E-state index is 13.4. The van der Waals surface area contributed by atoms with Crippen molar-refractivity contribution < 1.29 is 8.42 Å². The maximum atomic E-state index is 13.4. The molecule has 1 aromatic carbocycles. The molecule has 1 atom stereocenters. The molecule has 0 saturated heterocycles. The van der Waals surface area contributed by atoms with E-state index in [-0.39, 0.29) is 15.8 Å². The Hall–Kier alpha value is -2.16. The second kappa shape index (κ2) is 7.35. The quantitative estimate of drug-likeness (QED) is 0.564. The van der Waals surface area contributed by atoms with Crippen LogP contribution in [0, 0.1) is 0 Å². The summed E-state index contributed by atoms with van der Waals surface area (Å²) in [7, 11) is -3.84. The van der Waals surface area contributed by atoms with Crippen molar-refractivity contribution >= 4 is 44.7 Å². The minimum atomic E-state index is -3.84. The number of aromatic nitrogens is 3. The highest BCUT2D eigenvalue weighted by Crippen LogP contribution is 2.41.